The molecule has 3 atom stereocenters. The number of carbonyl (C=O) groups is 3. The number of carbonyl (C=O) groups excluding carboxylic acids is 3. The SMILES string of the molecule is CCCC[C@]1(c2ccc(F)cc2)NC(=O)N(CC(=O)Nc2ccc(S(=O)(=O)N3C[C@H](C)C[C@H](C)C3)cc2)C1=O. The zero-order valence-electron chi connectivity index (χ0n) is 22.4. The van der Waals surface area contributed by atoms with Gasteiger partial charge in [-0.15, -0.1) is 0 Å². The van der Waals surface area contributed by atoms with Gasteiger partial charge in [-0.3, -0.25) is 14.5 Å². The molecule has 0 bridgehead atoms. The van der Waals surface area contributed by atoms with Crippen LogP contribution in [0.25, 0.3) is 0 Å². The van der Waals surface area contributed by atoms with Crippen molar-refractivity contribution in [2.24, 2.45) is 11.8 Å². The molecule has 0 aromatic heterocycles. The Hall–Kier alpha value is -3.31. The van der Waals surface area contributed by atoms with E-state index in [1.54, 1.807) is 0 Å². The van der Waals surface area contributed by atoms with Gasteiger partial charge in [0.1, 0.15) is 17.9 Å². The lowest BCUT2D eigenvalue weighted by Gasteiger charge is -2.34. The lowest BCUT2D eigenvalue weighted by atomic mass is 9.85. The highest BCUT2D eigenvalue weighted by molar-refractivity contribution is 7.89. The number of benzene rings is 2. The Balaban J connectivity index is 1.45. The minimum atomic E-state index is -3.66. The third-order valence-corrected chi connectivity index (χ3v) is 9.18. The standard InChI is InChI=1S/C28H35FN4O5S/c1-4-5-14-28(21-6-8-22(29)9-7-21)26(35)33(27(36)31-28)18-25(34)30-23-10-12-24(13-11-23)39(37,38)32-16-19(2)15-20(3)17-32/h6-13,19-20H,4-5,14-18H2,1-3H3,(H,30,34)(H,31,36)/t19-,20+,28-/m1/s1. The van der Waals surface area contributed by atoms with Crippen LogP contribution in [0.1, 0.15) is 52.0 Å². The van der Waals surface area contributed by atoms with Gasteiger partial charge in [-0.1, -0.05) is 45.7 Å². The van der Waals surface area contributed by atoms with E-state index in [9.17, 15) is 27.2 Å². The summed E-state index contributed by atoms with van der Waals surface area (Å²) in [5, 5.41) is 5.36. The summed E-state index contributed by atoms with van der Waals surface area (Å²) in [5.74, 6) is -1.10. The van der Waals surface area contributed by atoms with Crippen LogP contribution in [0, 0.1) is 17.7 Å². The third kappa shape index (κ3) is 5.99. The number of anilines is 1. The molecule has 4 amide bonds. The minimum Gasteiger partial charge on any atom is -0.325 e. The van der Waals surface area contributed by atoms with Crippen molar-refractivity contribution in [3.8, 4) is 0 Å². The van der Waals surface area contributed by atoms with Crippen molar-refractivity contribution in [2.75, 3.05) is 25.0 Å². The van der Waals surface area contributed by atoms with Gasteiger partial charge < -0.3 is 10.6 Å². The Morgan fingerprint density at radius 2 is 1.67 bits per heavy atom. The molecule has 2 saturated heterocycles. The van der Waals surface area contributed by atoms with Gasteiger partial charge in [0.05, 0.1) is 4.90 Å². The number of nitrogens with one attached hydrogen (secondary N) is 2. The summed E-state index contributed by atoms with van der Waals surface area (Å²) in [4.78, 5) is 40.1. The highest BCUT2D eigenvalue weighted by Gasteiger charge is 2.52. The molecule has 2 fully saturated rings. The summed E-state index contributed by atoms with van der Waals surface area (Å²) < 4.78 is 41.3. The molecule has 2 aromatic carbocycles. The van der Waals surface area contributed by atoms with Gasteiger partial charge in [-0.25, -0.2) is 17.6 Å². The molecule has 2 aromatic rings. The Morgan fingerprint density at radius 1 is 1.05 bits per heavy atom. The monoisotopic (exact) mass is 558 g/mol. The largest absolute Gasteiger partial charge is 0.325 e. The summed E-state index contributed by atoms with van der Waals surface area (Å²) in [6.07, 6.45) is 2.70. The molecule has 0 unspecified atom stereocenters. The van der Waals surface area contributed by atoms with E-state index in [4.69, 9.17) is 0 Å². The van der Waals surface area contributed by atoms with E-state index in [0.29, 0.717) is 37.2 Å². The molecule has 0 saturated carbocycles. The first-order chi connectivity index (χ1) is 18.5. The fraction of sp³-hybridized carbons (Fsp3) is 0.464. The Labute approximate surface area is 228 Å². The topological polar surface area (TPSA) is 116 Å². The van der Waals surface area contributed by atoms with Gasteiger partial charge in [-0.05, 0) is 66.6 Å². The predicted molar refractivity (Wildman–Crippen MR) is 145 cm³/mol. The Morgan fingerprint density at radius 3 is 2.26 bits per heavy atom. The molecule has 210 valence electrons. The zero-order valence-corrected chi connectivity index (χ0v) is 23.3. The first-order valence-corrected chi connectivity index (χ1v) is 14.7. The summed E-state index contributed by atoms with van der Waals surface area (Å²) in [6.45, 7) is 6.44. The predicted octanol–water partition coefficient (Wildman–Crippen LogP) is 4.07. The van der Waals surface area contributed by atoms with E-state index in [2.05, 4.69) is 10.6 Å². The van der Waals surface area contributed by atoms with Crippen LogP contribution in [0.4, 0.5) is 14.9 Å². The number of urea groups is 1. The number of imide groups is 1. The van der Waals surface area contributed by atoms with Crippen molar-refractivity contribution in [1.29, 1.82) is 0 Å². The van der Waals surface area contributed by atoms with E-state index in [1.807, 2.05) is 20.8 Å². The van der Waals surface area contributed by atoms with Crippen LogP contribution in [0.15, 0.2) is 53.4 Å². The molecule has 2 N–H and O–H groups in total. The second-order valence-electron chi connectivity index (χ2n) is 10.7. The summed E-state index contributed by atoms with van der Waals surface area (Å²) >= 11 is 0. The Kier molecular flexibility index (Phi) is 8.41. The maximum Gasteiger partial charge on any atom is 0.325 e. The van der Waals surface area contributed by atoms with Crippen LogP contribution in [-0.4, -0.2) is 55.1 Å². The first-order valence-electron chi connectivity index (χ1n) is 13.3. The van der Waals surface area contributed by atoms with Gasteiger partial charge in [-0.2, -0.15) is 4.31 Å². The highest BCUT2D eigenvalue weighted by atomic mass is 32.2. The second-order valence-corrected chi connectivity index (χ2v) is 12.6. The lowest BCUT2D eigenvalue weighted by molar-refractivity contribution is -0.134. The number of unbranched alkanes of at least 4 members (excludes halogenated alkanes) is 1. The number of nitrogens with zero attached hydrogens (tertiary/aromatic N) is 2. The number of hydrogen-bond acceptors (Lipinski definition) is 5. The highest BCUT2D eigenvalue weighted by Crippen LogP contribution is 2.34. The van der Waals surface area contributed by atoms with Crippen LogP contribution < -0.4 is 10.6 Å². The van der Waals surface area contributed by atoms with Crippen molar-refractivity contribution < 1.29 is 27.2 Å². The molecule has 2 aliphatic heterocycles. The average molecular weight is 559 g/mol. The smallest absolute Gasteiger partial charge is 0.325 e. The maximum absolute atomic E-state index is 13.5. The lowest BCUT2D eigenvalue weighted by Crippen LogP contribution is -2.44. The van der Waals surface area contributed by atoms with E-state index >= 15 is 0 Å². The van der Waals surface area contributed by atoms with E-state index in [-0.39, 0.29) is 16.7 Å². The van der Waals surface area contributed by atoms with Crippen molar-refractivity contribution in [1.82, 2.24) is 14.5 Å². The molecule has 0 aliphatic carbocycles. The molecule has 0 spiro atoms. The van der Waals surface area contributed by atoms with Crippen molar-refractivity contribution >= 4 is 33.6 Å². The maximum atomic E-state index is 13.5. The molecule has 2 aliphatic rings. The van der Waals surface area contributed by atoms with Gasteiger partial charge in [0.2, 0.25) is 15.9 Å². The molecule has 4 rings (SSSR count). The molecule has 9 nitrogen and oxygen atoms in total. The number of piperidine rings is 1. The van der Waals surface area contributed by atoms with Crippen molar-refractivity contribution in [3.63, 3.8) is 0 Å². The summed E-state index contributed by atoms with van der Waals surface area (Å²) in [6, 6.07) is 10.5. The first kappa shape index (κ1) is 28.7. The number of hydrogen-bond donors (Lipinski definition) is 2. The summed E-state index contributed by atoms with van der Waals surface area (Å²) in [5.41, 5.74) is -0.587. The van der Waals surface area contributed by atoms with Crippen molar-refractivity contribution in [3.05, 3.63) is 59.9 Å². The number of sulfonamides is 1. The minimum absolute atomic E-state index is 0.135. The van der Waals surface area contributed by atoms with E-state index < -0.39 is 45.8 Å². The molecular weight excluding hydrogens is 523 g/mol. The van der Waals surface area contributed by atoms with Crippen molar-refractivity contribution in [2.45, 2.75) is 56.9 Å². The molecular formula is C28H35FN4O5S. The summed E-state index contributed by atoms with van der Waals surface area (Å²) in [7, 11) is -3.66. The fourth-order valence-corrected chi connectivity index (χ4v) is 7.14. The molecule has 11 heteroatoms. The number of amides is 4. The average Bonchev–Trinajstić information content (AvgIpc) is 3.12. The molecule has 39 heavy (non-hydrogen) atoms. The van der Waals surface area contributed by atoms with E-state index in [0.717, 1.165) is 17.7 Å². The number of halogens is 1. The second kappa shape index (κ2) is 11.4. The van der Waals surface area contributed by atoms with Gasteiger partial charge in [0, 0.05) is 18.8 Å². The van der Waals surface area contributed by atoms with Gasteiger partial charge in [0.25, 0.3) is 5.91 Å². The molecule has 0 radical (unpaired) electrons. The normalized spacial score (nSPS) is 24.1. The Bertz CT molecular complexity index is 1320. The van der Waals surface area contributed by atoms with Crippen LogP contribution in [0.3, 0.4) is 0 Å². The number of rotatable bonds is 9. The van der Waals surface area contributed by atoms with Crippen LogP contribution in [0.2, 0.25) is 0 Å². The fourth-order valence-electron chi connectivity index (χ4n) is 5.46. The van der Waals surface area contributed by atoms with Crippen LogP contribution >= 0.6 is 0 Å². The van der Waals surface area contributed by atoms with Gasteiger partial charge >= 0.3 is 6.03 Å². The van der Waals surface area contributed by atoms with Crippen LogP contribution in [-0.2, 0) is 25.2 Å². The quantitative estimate of drug-likeness (QED) is 0.450. The molecule has 2 heterocycles. The van der Waals surface area contributed by atoms with E-state index in [1.165, 1.54) is 52.8 Å². The van der Waals surface area contributed by atoms with Gasteiger partial charge in [0.15, 0.2) is 0 Å². The third-order valence-electron chi connectivity index (χ3n) is 7.33. The van der Waals surface area contributed by atoms with Crippen LogP contribution in [0.5, 0.6) is 0 Å². The zero-order chi connectivity index (χ0) is 28.4.